The van der Waals surface area contributed by atoms with Crippen LogP contribution in [0.3, 0.4) is 0 Å². The van der Waals surface area contributed by atoms with Gasteiger partial charge in [-0.3, -0.25) is 0 Å². The van der Waals surface area contributed by atoms with Crippen molar-refractivity contribution in [3.63, 3.8) is 0 Å². The molecule has 2 atom stereocenters. The summed E-state index contributed by atoms with van der Waals surface area (Å²) < 4.78 is 0. The minimum Gasteiger partial charge on any atom is -0.398 e. The monoisotopic (exact) mass is 371 g/mol. The molecule has 1 nitrogen and oxygen atoms in total. The Kier molecular flexibility index (Phi) is 5.65. The lowest BCUT2D eigenvalue weighted by Gasteiger charge is -2.23. The van der Waals surface area contributed by atoms with E-state index in [2.05, 4.69) is 97.0 Å². The van der Waals surface area contributed by atoms with Crippen LogP contribution in [0, 0.1) is 34.6 Å². The maximum Gasteiger partial charge on any atom is 0.0391 e. The molecular formula is C27H33N. The summed E-state index contributed by atoms with van der Waals surface area (Å²) in [6, 6.07) is 18.1. The van der Waals surface area contributed by atoms with Crippen molar-refractivity contribution >= 4 is 5.69 Å². The average Bonchev–Trinajstić information content (AvgIpc) is 2.60. The van der Waals surface area contributed by atoms with E-state index in [9.17, 15) is 0 Å². The van der Waals surface area contributed by atoms with Crippen molar-refractivity contribution in [2.45, 2.75) is 60.3 Å². The molecule has 3 rings (SSSR count). The lowest BCUT2D eigenvalue weighted by molar-refractivity contribution is 0.885. The highest BCUT2D eigenvalue weighted by Crippen LogP contribution is 2.37. The quantitative estimate of drug-likeness (QED) is 0.486. The van der Waals surface area contributed by atoms with Gasteiger partial charge in [-0.15, -0.1) is 0 Å². The summed E-state index contributed by atoms with van der Waals surface area (Å²) in [5.74, 6) is 0.535. The molecular weight excluding hydrogens is 338 g/mol. The zero-order valence-corrected chi connectivity index (χ0v) is 18.4. The zero-order valence-electron chi connectivity index (χ0n) is 18.4. The largest absolute Gasteiger partial charge is 0.398 e. The molecule has 2 N–H and O–H groups in total. The molecule has 146 valence electrons. The van der Waals surface area contributed by atoms with Gasteiger partial charge in [-0.1, -0.05) is 90.2 Å². The van der Waals surface area contributed by atoms with E-state index < -0.39 is 0 Å². The SMILES string of the molecule is Cc1cc(C)cc([C@@H](C)c2cc(C)cc([C@H](C)c3cc(C)cc(C)c3)c2N)c1. The van der Waals surface area contributed by atoms with E-state index in [1.165, 1.54) is 50.1 Å². The molecule has 0 heterocycles. The van der Waals surface area contributed by atoms with Crippen molar-refractivity contribution in [2.24, 2.45) is 0 Å². The molecule has 0 amide bonds. The summed E-state index contributed by atoms with van der Waals surface area (Å²) in [6.07, 6.45) is 0. The maximum atomic E-state index is 6.78. The molecule has 28 heavy (non-hydrogen) atoms. The van der Waals surface area contributed by atoms with Gasteiger partial charge in [0, 0.05) is 17.5 Å². The Morgan fingerprint density at radius 2 is 0.786 bits per heavy atom. The van der Waals surface area contributed by atoms with Crippen molar-refractivity contribution in [1.29, 1.82) is 0 Å². The van der Waals surface area contributed by atoms with E-state index in [-0.39, 0.29) is 11.8 Å². The number of aryl methyl sites for hydroxylation is 5. The zero-order chi connectivity index (χ0) is 20.6. The highest BCUT2D eigenvalue weighted by molar-refractivity contribution is 5.61. The van der Waals surface area contributed by atoms with Crippen LogP contribution in [0.15, 0.2) is 48.5 Å². The number of rotatable bonds is 4. The first kappa shape index (κ1) is 20.2. The predicted molar refractivity (Wildman–Crippen MR) is 122 cm³/mol. The third-order valence-corrected chi connectivity index (χ3v) is 5.81. The number of nitrogen functional groups attached to an aromatic ring is 1. The highest BCUT2D eigenvalue weighted by atomic mass is 14.6. The molecule has 0 aliphatic heterocycles. The third kappa shape index (κ3) is 4.14. The van der Waals surface area contributed by atoms with Gasteiger partial charge in [-0.2, -0.15) is 0 Å². The molecule has 0 saturated heterocycles. The van der Waals surface area contributed by atoms with Crippen LogP contribution in [0.1, 0.15) is 75.8 Å². The number of nitrogens with two attached hydrogens (primary N) is 1. The van der Waals surface area contributed by atoms with E-state index in [0.717, 1.165) is 5.69 Å². The van der Waals surface area contributed by atoms with Crippen LogP contribution in [-0.2, 0) is 0 Å². The van der Waals surface area contributed by atoms with Gasteiger partial charge in [0.25, 0.3) is 0 Å². The molecule has 0 saturated carbocycles. The van der Waals surface area contributed by atoms with Crippen LogP contribution in [0.25, 0.3) is 0 Å². The smallest absolute Gasteiger partial charge is 0.0391 e. The predicted octanol–water partition coefficient (Wildman–Crippen LogP) is 7.11. The molecule has 0 aromatic heterocycles. The van der Waals surface area contributed by atoms with E-state index >= 15 is 0 Å². The Hall–Kier alpha value is -2.54. The molecule has 0 unspecified atom stereocenters. The molecule has 3 aromatic rings. The third-order valence-electron chi connectivity index (χ3n) is 5.81. The summed E-state index contributed by atoms with van der Waals surface area (Å²) in [4.78, 5) is 0. The Balaban J connectivity index is 2.09. The summed E-state index contributed by atoms with van der Waals surface area (Å²) in [6.45, 7) is 15.4. The van der Waals surface area contributed by atoms with Gasteiger partial charge in [-0.25, -0.2) is 0 Å². The first-order chi connectivity index (χ1) is 13.2. The molecule has 1 heteroatoms. The number of hydrogen-bond donors (Lipinski definition) is 1. The Morgan fingerprint density at radius 1 is 0.500 bits per heavy atom. The summed E-state index contributed by atoms with van der Waals surface area (Å²) in [5, 5.41) is 0. The minimum atomic E-state index is 0.267. The van der Waals surface area contributed by atoms with Gasteiger partial charge in [-0.05, 0) is 56.9 Å². The van der Waals surface area contributed by atoms with Crippen molar-refractivity contribution in [1.82, 2.24) is 0 Å². The summed E-state index contributed by atoms with van der Waals surface area (Å²) in [5.41, 5.74) is 19.3. The van der Waals surface area contributed by atoms with E-state index in [1.54, 1.807) is 0 Å². The van der Waals surface area contributed by atoms with Crippen LogP contribution in [0.4, 0.5) is 5.69 Å². The van der Waals surface area contributed by atoms with Gasteiger partial charge in [0.1, 0.15) is 0 Å². The van der Waals surface area contributed by atoms with Crippen LogP contribution < -0.4 is 5.73 Å². The summed E-state index contributed by atoms with van der Waals surface area (Å²) >= 11 is 0. The lowest BCUT2D eigenvalue weighted by atomic mass is 9.83. The standard InChI is InChI=1S/C27H33N/c1-16-8-17(2)11-23(10-16)21(6)25-14-20(5)15-26(27(25)28)22(7)24-12-18(3)9-19(4)13-24/h8-15,21-22H,28H2,1-7H3/t21-,22-/m1/s1. The van der Waals surface area contributed by atoms with Crippen LogP contribution in [0.2, 0.25) is 0 Å². The topological polar surface area (TPSA) is 26.0 Å². The van der Waals surface area contributed by atoms with Gasteiger partial charge >= 0.3 is 0 Å². The van der Waals surface area contributed by atoms with Crippen molar-refractivity contribution in [3.05, 3.63) is 98.6 Å². The minimum absolute atomic E-state index is 0.267. The van der Waals surface area contributed by atoms with Crippen LogP contribution >= 0.6 is 0 Å². The fraction of sp³-hybridized carbons (Fsp3) is 0.333. The first-order valence-electron chi connectivity index (χ1n) is 10.2. The molecule has 3 aromatic carbocycles. The fourth-order valence-electron chi connectivity index (χ4n) is 4.45. The van der Waals surface area contributed by atoms with Gasteiger partial charge in [0.15, 0.2) is 0 Å². The molecule has 0 spiro atoms. The number of anilines is 1. The van der Waals surface area contributed by atoms with Gasteiger partial charge in [0.2, 0.25) is 0 Å². The highest BCUT2D eigenvalue weighted by Gasteiger charge is 2.19. The Labute approximate surface area is 170 Å². The fourth-order valence-corrected chi connectivity index (χ4v) is 4.45. The average molecular weight is 372 g/mol. The second-order valence-electron chi connectivity index (χ2n) is 8.64. The van der Waals surface area contributed by atoms with Crippen LogP contribution in [0.5, 0.6) is 0 Å². The second-order valence-corrected chi connectivity index (χ2v) is 8.64. The molecule has 0 aliphatic carbocycles. The van der Waals surface area contributed by atoms with Crippen molar-refractivity contribution in [3.8, 4) is 0 Å². The molecule has 0 radical (unpaired) electrons. The molecule has 0 fully saturated rings. The number of hydrogen-bond acceptors (Lipinski definition) is 1. The second kappa shape index (κ2) is 7.83. The Bertz CT molecular complexity index is 894. The van der Waals surface area contributed by atoms with E-state index in [4.69, 9.17) is 5.73 Å². The molecule has 0 bridgehead atoms. The van der Waals surface area contributed by atoms with Gasteiger partial charge in [0.05, 0.1) is 0 Å². The lowest BCUT2D eigenvalue weighted by Crippen LogP contribution is -2.09. The number of benzene rings is 3. The summed E-state index contributed by atoms with van der Waals surface area (Å²) in [7, 11) is 0. The Morgan fingerprint density at radius 3 is 1.11 bits per heavy atom. The van der Waals surface area contributed by atoms with E-state index in [0.29, 0.717) is 0 Å². The maximum absolute atomic E-state index is 6.78. The molecule has 0 aliphatic rings. The van der Waals surface area contributed by atoms with Crippen molar-refractivity contribution in [2.75, 3.05) is 5.73 Å². The first-order valence-corrected chi connectivity index (χ1v) is 10.2. The van der Waals surface area contributed by atoms with Crippen molar-refractivity contribution < 1.29 is 0 Å². The van der Waals surface area contributed by atoms with E-state index in [1.807, 2.05) is 0 Å². The van der Waals surface area contributed by atoms with Gasteiger partial charge < -0.3 is 5.73 Å². The van der Waals surface area contributed by atoms with Crippen LogP contribution in [-0.4, -0.2) is 0 Å². The normalized spacial score (nSPS) is 13.4.